The molecule has 1 heterocycles. The van der Waals surface area contributed by atoms with E-state index >= 15 is 0 Å². The van der Waals surface area contributed by atoms with E-state index in [1.165, 1.54) is 19.3 Å². The Balaban J connectivity index is 1.92. The minimum atomic E-state index is -0.209. The zero-order chi connectivity index (χ0) is 16.7. The first-order valence-electron chi connectivity index (χ1n) is 8.80. The minimum Gasteiger partial charge on any atom is -0.396 e. The lowest BCUT2D eigenvalue weighted by Crippen LogP contribution is -2.44. The molecule has 0 radical (unpaired) electrons. The van der Waals surface area contributed by atoms with Gasteiger partial charge < -0.3 is 10.4 Å². The number of rotatable bonds is 7. The van der Waals surface area contributed by atoms with Crippen LogP contribution >= 0.6 is 0 Å². The highest BCUT2D eigenvalue weighted by molar-refractivity contribution is 5.88. The normalized spacial score (nSPS) is 17.2. The summed E-state index contributed by atoms with van der Waals surface area (Å²) in [4.78, 5) is 12.3. The second-order valence-corrected chi connectivity index (χ2v) is 6.91. The van der Waals surface area contributed by atoms with Gasteiger partial charge in [-0.1, -0.05) is 33.1 Å². The average molecular weight is 322 g/mol. The number of nitrogens with one attached hydrogen (secondary N) is 2. The topological polar surface area (TPSA) is 79.2 Å². The zero-order valence-corrected chi connectivity index (χ0v) is 14.3. The molecule has 1 unspecified atom stereocenters. The molecule has 1 aliphatic carbocycles. The molecule has 130 valence electrons. The van der Waals surface area contributed by atoms with Crippen molar-refractivity contribution in [2.24, 2.45) is 11.8 Å². The third-order valence-electron chi connectivity index (χ3n) is 4.47. The molecule has 0 bridgehead atoms. The van der Waals surface area contributed by atoms with Crippen molar-refractivity contribution in [2.45, 2.75) is 65.0 Å². The maximum Gasteiger partial charge on any atom is 0.320 e. The molecule has 0 saturated heterocycles. The smallest absolute Gasteiger partial charge is 0.320 e. The van der Waals surface area contributed by atoms with Gasteiger partial charge in [-0.3, -0.25) is 5.32 Å². The number of amides is 2. The van der Waals surface area contributed by atoms with Crippen LogP contribution in [0.2, 0.25) is 0 Å². The fourth-order valence-corrected chi connectivity index (χ4v) is 3.35. The molecule has 0 aromatic carbocycles. The van der Waals surface area contributed by atoms with Crippen LogP contribution in [0.1, 0.15) is 52.4 Å². The van der Waals surface area contributed by atoms with Crippen LogP contribution in [0, 0.1) is 11.8 Å². The Morgan fingerprint density at radius 2 is 2.13 bits per heavy atom. The first-order valence-corrected chi connectivity index (χ1v) is 8.80. The summed E-state index contributed by atoms with van der Waals surface area (Å²) in [6, 6.07) is 1.64. The van der Waals surface area contributed by atoms with Gasteiger partial charge in [-0.2, -0.15) is 5.10 Å². The van der Waals surface area contributed by atoms with Crippen molar-refractivity contribution in [1.82, 2.24) is 15.1 Å². The summed E-state index contributed by atoms with van der Waals surface area (Å²) in [5, 5.41) is 19.5. The van der Waals surface area contributed by atoms with Gasteiger partial charge in [-0.05, 0) is 31.1 Å². The van der Waals surface area contributed by atoms with Gasteiger partial charge in [0.25, 0.3) is 0 Å². The quantitative estimate of drug-likeness (QED) is 0.722. The van der Waals surface area contributed by atoms with Crippen LogP contribution in [-0.2, 0) is 6.54 Å². The number of aromatic nitrogens is 2. The summed E-state index contributed by atoms with van der Waals surface area (Å²) in [5.74, 6) is 1.65. The fraction of sp³-hybridized carbons (Fsp3) is 0.765. The third-order valence-corrected chi connectivity index (χ3v) is 4.47. The Morgan fingerprint density at radius 1 is 1.39 bits per heavy atom. The van der Waals surface area contributed by atoms with E-state index in [1.807, 2.05) is 10.7 Å². The zero-order valence-electron chi connectivity index (χ0n) is 14.3. The third kappa shape index (κ3) is 5.53. The van der Waals surface area contributed by atoms with Gasteiger partial charge in [0.05, 0.1) is 6.20 Å². The number of hydrogen-bond acceptors (Lipinski definition) is 3. The Bertz CT molecular complexity index is 481. The second-order valence-electron chi connectivity index (χ2n) is 6.91. The van der Waals surface area contributed by atoms with Crippen molar-refractivity contribution in [3.05, 3.63) is 12.3 Å². The Labute approximate surface area is 138 Å². The van der Waals surface area contributed by atoms with E-state index in [1.54, 1.807) is 6.20 Å². The molecule has 3 N–H and O–H groups in total. The largest absolute Gasteiger partial charge is 0.396 e. The van der Waals surface area contributed by atoms with E-state index in [-0.39, 0.29) is 18.7 Å². The Kier molecular flexibility index (Phi) is 6.89. The molecule has 1 aromatic heterocycles. The summed E-state index contributed by atoms with van der Waals surface area (Å²) in [7, 11) is 0. The molecule has 1 fully saturated rings. The van der Waals surface area contributed by atoms with E-state index in [9.17, 15) is 9.90 Å². The van der Waals surface area contributed by atoms with Crippen molar-refractivity contribution < 1.29 is 9.90 Å². The summed E-state index contributed by atoms with van der Waals surface area (Å²) in [6.07, 6.45) is 8.30. The molecule has 1 aromatic rings. The molecule has 0 spiro atoms. The van der Waals surface area contributed by atoms with Crippen molar-refractivity contribution >= 4 is 11.8 Å². The molecular formula is C17H30N4O2. The first-order chi connectivity index (χ1) is 11.1. The maximum atomic E-state index is 12.3. The van der Waals surface area contributed by atoms with Crippen LogP contribution in [0.5, 0.6) is 0 Å². The van der Waals surface area contributed by atoms with Gasteiger partial charge in [0.1, 0.15) is 5.82 Å². The van der Waals surface area contributed by atoms with Crippen molar-refractivity contribution in [1.29, 1.82) is 0 Å². The molecule has 1 aliphatic rings. The minimum absolute atomic E-state index is 0.0433. The summed E-state index contributed by atoms with van der Waals surface area (Å²) >= 11 is 0. The van der Waals surface area contributed by atoms with Crippen LogP contribution in [0.25, 0.3) is 0 Å². The standard InChI is InChI=1S/C17H30N4O2/c1-13(2)12-21-16(8-10-18-21)20-17(23)19-15(9-11-22)14-6-4-3-5-7-14/h8,10,13-15,22H,3-7,9,11-12H2,1-2H3,(H2,19,20,23). The van der Waals surface area contributed by atoms with E-state index in [4.69, 9.17) is 0 Å². The Hall–Kier alpha value is -1.56. The van der Waals surface area contributed by atoms with E-state index in [0.29, 0.717) is 24.1 Å². The highest BCUT2D eigenvalue weighted by atomic mass is 16.3. The molecule has 6 nitrogen and oxygen atoms in total. The molecular weight excluding hydrogens is 292 g/mol. The first kappa shape index (κ1) is 17.8. The summed E-state index contributed by atoms with van der Waals surface area (Å²) < 4.78 is 1.81. The molecule has 6 heteroatoms. The van der Waals surface area contributed by atoms with E-state index in [0.717, 1.165) is 19.4 Å². The van der Waals surface area contributed by atoms with Gasteiger partial charge in [-0.15, -0.1) is 0 Å². The van der Waals surface area contributed by atoms with Crippen molar-refractivity contribution in [3.63, 3.8) is 0 Å². The summed E-state index contributed by atoms with van der Waals surface area (Å²) in [6.45, 7) is 5.11. The highest BCUT2D eigenvalue weighted by Gasteiger charge is 2.25. The molecule has 2 amide bonds. The predicted octanol–water partition coefficient (Wildman–Crippen LogP) is 2.99. The number of urea groups is 1. The SMILES string of the molecule is CC(C)Cn1nccc1NC(=O)NC(CCO)C1CCCCC1. The van der Waals surface area contributed by atoms with Crippen LogP contribution in [-0.4, -0.2) is 33.6 Å². The van der Waals surface area contributed by atoms with Gasteiger partial charge in [-0.25, -0.2) is 9.48 Å². The highest BCUT2D eigenvalue weighted by Crippen LogP contribution is 2.27. The number of aliphatic hydroxyl groups excluding tert-OH is 1. The van der Waals surface area contributed by atoms with Crippen LogP contribution < -0.4 is 10.6 Å². The maximum absolute atomic E-state index is 12.3. The van der Waals surface area contributed by atoms with Gasteiger partial charge in [0.2, 0.25) is 0 Å². The van der Waals surface area contributed by atoms with E-state index < -0.39 is 0 Å². The number of carbonyl (C=O) groups excluding carboxylic acids is 1. The predicted molar refractivity (Wildman–Crippen MR) is 91.3 cm³/mol. The summed E-state index contributed by atoms with van der Waals surface area (Å²) in [5.41, 5.74) is 0. The molecule has 2 rings (SSSR count). The second kappa shape index (κ2) is 8.91. The average Bonchev–Trinajstić information content (AvgIpc) is 2.94. The number of nitrogens with zero attached hydrogens (tertiary/aromatic N) is 2. The number of carbonyl (C=O) groups is 1. The monoisotopic (exact) mass is 322 g/mol. The lowest BCUT2D eigenvalue weighted by molar-refractivity contribution is 0.202. The molecule has 1 saturated carbocycles. The number of hydrogen-bond donors (Lipinski definition) is 3. The lowest BCUT2D eigenvalue weighted by Gasteiger charge is -2.30. The molecule has 0 aliphatic heterocycles. The Morgan fingerprint density at radius 3 is 2.78 bits per heavy atom. The van der Waals surface area contributed by atoms with Crippen molar-refractivity contribution in [3.8, 4) is 0 Å². The molecule has 1 atom stereocenters. The van der Waals surface area contributed by atoms with Gasteiger partial charge in [0.15, 0.2) is 0 Å². The van der Waals surface area contributed by atoms with Gasteiger partial charge in [0, 0.05) is 25.3 Å². The fourth-order valence-electron chi connectivity index (χ4n) is 3.35. The number of anilines is 1. The lowest BCUT2D eigenvalue weighted by atomic mass is 9.83. The van der Waals surface area contributed by atoms with E-state index in [2.05, 4.69) is 29.6 Å². The van der Waals surface area contributed by atoms with Crippen LogP contribution in [0.4, 0.5) is 10.6 Å². The van der Waals surface area contributed by atoms with Crippen LogP contribution in [0.3, 0.4) is 0 Å². The van der Waals surface area contributed by atoms with Crippen molar-refractivity contribution in [2.75, 3.05) is 11.9 Å². The van der Waals surface area contributed by atoms with Crippen LogP contribution in [0.15, 0.2) is 12.3 Å². The molecule has 23 heavy (non-hydrogen) atoms. The number of aliphatic hydroxyl groups is 1. The van der Waals surface area contributed by atoms with Gasteiger partial charge >= 0.3 is 6.03 Å².